The largest absolute Gasteiger partial charge is 0.308 e. The normalized spacial score (nSPS) is 12.7. The number of hydrogen-bond acceptors (Lipinski definition) is 4. The van der Waals surface area contributed by atoms with Crippen molar-refractivity contribution < 1.29 is 0 Å². The van der Waals surface area contributed by atoms with Crippen LogP contribution in [0.25, 0.3) is 11.0 Å². The molecule has 0 saturated heterocycles. The lowest BCUT2D eigenvalue weighted by Gasteiger charge is -2.15. The van der Waals surface area contributed by atoms with E-state index in [0.717, 1.165) is 16.7 Å². The molecule has 3 rings (SSSR count). The van der Waals surface area contributed by atoms with E-state index >= 15 is 0 Å². The third-order valence-electron chi connectivity index (χ3n) is 3.26. The highest BCUT2D eigenvalue weighted by Crippen LogP contribution is 2.27. The van der Waals surface area contributed by atoms with Gasteiger partial charge in [-0.2, -0.15) is 0 Å². The van der Waals surface area contributed by atoms with Crippen LogP contribution < -0.4 is 5.32 Å². The van der Waals surface area contributed by atoms with Crippen molar-refractivity contribution in [1.29, 1.82) is 0 Å². The van der Waals surface area contributed by atoms with Crippen LogP contribution in [0.5, 0.6) is 0 Å². The van der Waals surface area contributed by atoms with E-state index in [2.05, 4.69) is 28.7 Å². The molecule has 4 heteroatoms. The number of thiophene rings is 1. The van der Waals surface area contributed by atoms with Crippen LogP contribution in [0.1, 0.15) is 22.2 Å². The van der Waals surface area contributed by atoms with Crippen LogP contribution in [-0.4, -0.2) is 17.0 Å². The van der Waals surface area contributed by atoms with Gasteiger partial charge in [0, 0.05) is 4.88 Å². The summed E-state index contributed by atoms with van der Waals surface area (Å²) in [6.45, 7) is 2.14. The number of nitrogens with zero attached hydrogens (tertiary/aromatic N) is 2. The maximum atomic E-state index is 4.72. The molecule has 0 spiro atoms. The minimum Gasteiger partial charge on any atom is -0.308 e. The number of benzene rings is 1. The van der Waals surface area contributed by atoms with Crippen molar-refractivity contribution in [3.05, 3.63) is 58.0 Å². The molecule has 1 atom stereocenters. The third-order valence-corrected chi connectivity index (χ3v) is 4.12. The fourth-order valence-corrected chi connectivity index (χ4v) is 3.01. The number of aryl methyl sites for hydroxylation is 1. The fourth-order valence-electron chi connectivity index (χ4n) is 2.27. The Balaban J connectivity index is 2.09. The lowest BCUT2D eigenvalue weighted by atomic mass is 10.1. The number of fused-ring (bicyclic) bond motifs is 1. The molecule has 0 bridgehead atoms. The fraction of sp³-hybridized carbons (Fsp3) is 0.200. The van der Waals surface area contributed by atoms with E-state index in [1.54, 1.807) is 11.3 Å². The Labute approximate surface area is 116 Å². The van der Waals surface area contributed by atoms with Gasteiger partial charge in [0.1, 0.15) is 0 Å². The molecule has 19 heavy (non-hydrogen) atoms. The zero-order valence-electron chi connectivity index (χ0n) is 10.9. The van der Waals surface area contributed by atoms with E-state index in [1.807, 2.05) is 37.5 Å². The second-order valence-corrected chi connectivity index (χ2v) is 5.56. The van der Waals surface area contributed by atoms with Crippen molar-refractivity contribution >= 4 is 22.4 Å². The highest BCUT2D eigenvalue weighted by molar-refractivity contribution is 7.10. The molecule has 0 amide bonds. The average Bonchev–Trinajstić information content (AvgIpc) is 2.86. The molecule has 0 saturated carbocycles. The van der Waals surface area contributed by atoms with Crippen LogP contribution >= 0.6 is 11.3 Å². The summed E-state index contributed by atoms with van der Waals surface area (Å²) >= 11 is 1.76. The number of nitrogens with one attached hydrogen (secondary N) is 1. The van der Waals surface area contributed by atoms with Crippen LogP contribution in [0.15, 0.2) is 41.9 Å². The Kier molecular flexibility index (Phi) is 3.27. The maximum absolute atomic E-state index is 4.72. The Morgan fingerprint density at radius 1 is 1.16 bits per heavy atom. The molecule has 3 nitrogen and oxygen atoms in total. The molecular formula is C15H15N3S. The summed E-state index contributed by atoms with van der Waals surface area (Å²) in [4.78, 5) is 10.5. The molecule has 0 aliphatic rings. The van der Waals surface area contributed by atoms with Crippen LogP contribution in [0.2, 0.25) is 0 Å². The molecule has 1 N–H and O–H groups in total. The van der Waals surface area contributed by atoms with Gasteiger partial charge in [-0.15, -0.1) is 11.3 Å². The van der Waals surface area contributed by atoms with E-state index < -0.39 is 0 Å². The minimum absolute atomic E-state index is 0.100. The molecule has 96 valence electrons. The summed E-state index contributed by atoms with van der Waals surface area (Å²) in [6, 6.07) is 10.2. The van der Waals surface area contributed by atoms with Gasteiger partial charge < -0.3 is 5.32 Å². The quantitative estimate of drug-likeness (QED) is 0.792. The first-order valence-corrected chi connectivity index (χ1v) is 7.10. The Bertz CT molecular complexity index is 705. The summed E-state index contributed by atoms with van der Waals surface area (Å²) < 4.78 is 0. The van der Waals surface area contributed by atoms with Crippen molar-refractivity contribution in [2.45, 2.75) is 13.0 Å². The van der Waals surface area contributed by atoms with Gasteiger partial charge >= 0.3 is 0 Å². The lowest BCUT2D eigenvalue weighted by molar-refractivity contribution is 0.670. The van der Waals surface area contributed by atoms with Crippen LogP contribution in [0.3, 0.4) is 0 Å². The van der Waals surface area contributed by atoms with E-state index in [0.29, 0.717) is 0 Å². The molecule has 0 radical (unpaired) electrons. The standard InChI is InChI=1S/C15H15N3S/c1-10-11(7-8-19-10)15(16-2)14-9-17-12-5-3-4-6-13(12)18-14/h3-9,15-16H,1-2H3. The zero-order valence-corrected chi connectivity index (χ0v) is 11.7. The van der Waals surface area contributed by atoms with Gasteiger partial charge in [0.25, 0.3) is 0 Å². The van der Waals surface area contributed by atoms with Crippen molar-refractivity contribution in [2.24, 2.45) is 0 Å². The number of para-hydroxylation sites is 2. The van der Waals surface area contributed by atoms with E-state index in [-0.39, 0.29) is 6.04 Å². The van der Waals surface area contributed by atoms with Gasteiger partial charge in [-0.1, -0.05) is 12.1 Å². The molecule has 0 aliphatic heterocycles. The molecule has 3 aromatic rings. The predicted molar refractivity (Wildman–Crippen MR) is 79.5 cm³/mol. The number of aromatic nitrogens is 2. The Morgan fingerprint density at radius 2 is 1.95 bits per heavy atom. The second-order valence-electron chi connectivity index (χ2n) is 4.44. The topological polar surface area (TPSA) is 37.8 Å². The molecule has 2 aromatic heterocycles. The summed E-state index contributed by atoms with van der Waals surface area (Å²) in [6.07, 6.45) is 1.86. The van der Waals surface area contributed by atoms with Crippen molar-refractivity contribution in [2.75, 3.05) is 7.05 Å². The SMILES string of the molecule is CNC(c1cnc2ccccc2n1)c1ccsc1C. The van der Waals surface area contributed by atoms with Gasteiger partial charge in [-0.05, 0) is 43.1 Å². The van der Waals surface area contributed by atoms with Crippen LogP contribution in [0, 0.1) is 6.92 Å². The molecule has 0 fully saturated rings. The summed E-state index contributed by atoms with van der Waals surface area (Å²) in [5.74, 6) is 0. The van der Waals surface area contributed by atoms with Gasteiger partial charge in [0.2, 0.25) is 0 Å². The summed E-state index contributed by atoms with van der Waals surface area (Å²) in [5.41, 5.74) is 4.11. The van der Waals surface area contributed by atoms with Crippen molar-refractivity contribution in [3.8, 4) is 0 Å². The smallest absolute Gasteiger partial charge is 0.0890 e. The minimum atomic E-state index is 0.100. The summed E-state index contributed by atoms with van der Waals surface area (Å²) in [7, 11) is 1.96. The van der Waals surface area contributed by atoms with Gasteiger partial charge in [0.15, 0.2) is 0 Å². The van der Waals surface area contributed by atoms with E-state index in [1.165, 1.54) is 10.4 Å². The lowest BCUT2D eigenvalue weighted by Crippen LogP contribution is -2.19. The predicted octanol–water partition coefficient (Wildman–Crippen LogP) is 3.31. The van der Waals surface area contributed by atoms with E-state index in [9.17, 15) is 0 Å². The highest BCUT2D eigenvalue weighted by atomic mass is 32.1. The molecular weight excluding hydrogens is 254 g/mol. The first-order valence-electron chi connectivity index (χ1n) is 6.22. The second kappa shape index (κ2) is 5.07. The van der Waals surface area contributed by atoms with Gasteiger partial charge in [-0.3, -0.25) is 4.98 Å². The first-order chi connectivity index (χ1) is 9.29. The monoisotopic (exact) mass is 269 g/mol. The van der Waals surface area contributed by atoms with Gasteiger partial charge in [-0.25, -0.2) is 4.98 Å². The average molecular weight is 269 g/mol. The van der Waals surface area contributed by atoms with Crippen LogP contribution in [0.4, 0.5) is 0 Å². The zero-order chi connectivity index (χ0) is 13.2. The van der Waals surface area contributed by atoms with E-state index in [4.69, 9.17) is 4.98 Å². The summed E-state index contributed by atoms with van der Waals surface area (Å²) in [5, 5.41) is 5.45. The molecule has 1 unspecified atom stereocenters. The number of rotatable bonds is 3. The van der Waals surface area contributed by atoms with Gasteiger partial charge in [0.05, 0.1) is 29.0 Å². The molecule has 2 heterocycles. The van der Waals surface area contributed by atoms with Crippen molar-refractivity contribution in [1.82, 2.24) is 15.3 Å². The van der Waals surface area contributed by atoms with Crippen LogP contribution in [-0.2, 0) is 0 Å². The molecule has 0 aliphatic carbocycles. The first kappa shape index (κ1) is 12.3. The third kappa shape index (κ3) is 2.25. The number of hydrogen-bond donors (Lipinski definition) is 1. The maximum Gasteiger partial charge on any atom is 0.0890 e. The molecule has 1 aromatic carbocycles. The highest BCUT2D eigenvalue weighted by Gasteiger charge is 2.17. The van der Waals surface area contributed by atoms with Crippen molar-refractivity contribution in [3.63, 3.8) is 0 Å². The Morgan fingerprint density at radius 3 is 2.63 bits per heavy atom. The Hall–Kier alpha value is -1.78.